The van der Waals surface area contributed by atoms with Crippen molar-refractivity contribution in [2.45, 2.75) is 12.8 Å². The van der Waals surface area contributed by atoms with Gasteiger partial charge in [-0.15, -0.1) is 5.10 Å². The van der Waals surface area contributed by atoms with Crippen molar-refractivity contribution in [2.24, 2.45) is 0 Å². The summed E-state index contributed by atoms with van der Waals surface area (Å²) in [5.41, 5.74) is 3.34. The first-order valence-electron chi connectivity index (χ1n) is 5.21. The van der Waals surface area contributed by atoms with E-state index in [0.717, 1.165) is 28.9 Å². The van der Waals surface area contributed by atoms with E-state index >= 15 is 0 Å². The summed E-state index contributed by atoms with van der Waals surface area (Å²) in [5.74, 6) is 0. The second-order valence-corrected chi connectivity index (χ2v) is 3.76. The Labute approximate surface area is 96.0 Å². The van der Waals surface area contributed by atoms with Gasteiger partial charge in [0.15, 0.2) is 0 Å². The van der Waals surface area contributed by atoms with Crippen molar-refractivity contribution < 1.29 is 5.21 Å². The van der Waals surface area contributed by atoms with Gasteiger partial charge in [0, 0.05) is 0 Å². The Morgan fingerprint density at radius 1 is 1.29 bits per heavy atom. The highest BCUT2D eigenvalue weighted by Crippen LogP contribution is 2.13. The minimum atomic E-state index is 0.607. The number of aromatic amines is 1. The van der Waals surface area contributed by atoms with Gasteiger partial charge >= 0.3 is 0 Å². The van der Waals surface area contributed by atoms with E-state index in [2.05, 4.69) is 25.7 Å². The van der Waals surface area contributed by atoms with E-state index in [9.17, 15) is 5.21 Å². The molecule has 0 fully saturated rings. The van der Waals surface area contributed by atoms with E-state index in [4.69, 9.17) is 0 Å². The second kappa shape index (κ2) is 3.85. The highest BCUT2D eigenvalue weighted by Gasteiger charge is 2.04. The number of fused-ring (bicyclic) bond motifs is 1. The molecule has 2 N–H and O–H groups in total. The first kappa shape index (κ1) is 9.76. The molecule has 3 rings (SSSR count). The fraction of sp³-hybridized carbons (Fsp3) is 0.200. The van der Waals surface area contributed by atoms with E-state index in [-0.39, 0.29) is 0 Å². The lowest BCUT2D eigenvalue weighted by atomic mass is 10.1. The normalized spacial score (nSPS) is 11.1. The summed E-state index contributed by atoms with van der Waals surface area (Å²) in [4.78, 5) is 0.775. The Morgan fingerprint density at radius 3 is 3.06 bits per heavy atom. The van der Waals surface area contributed by atoms with Gasteiger partial charge in [0.25, 0.3) is 0 Å². The van der Waals surface area contributed by atoms with Gasteiger partial charge in [0.05, 0.1) is 11.9 Å². The highest BCUT2D eigenvalue weighted by atomic mass is 16.5. The number of benzene rings is 1. The molecule has 0 aliphatic heterocycles. The summed E-state index contributed by atoms with van der Waals surface area (Å²) in [6.45, 7) is 0. The van der Waals surface area contributed by atoms with Crippen LogP contribution in [0.3, 0.4) is 0 Å². The van der Waals surface area contributed by atoms with Crippen molar-refractivity contribution in [3.63, 3.8) is 0 Å². The molecule has 0 saturated heterocycles. The maximum absolute atomic E-state index is 9.30. The molecule has 1 aromatic carbocycles. The Kier molecular flexibility index (Phi) is 2.21. The molecule has 3 aromatic rings. The van der Waals surface area contributed by atoms with Crippen molar-refractivity contribution in [1.29, 1.82) is 0 Å². The second-order valence-electron chi connectivity index (χ2n) is 3.76. The predicted molar refractivity (Wildman–Crippen MR) is 58.5 cm³/mol. The fourth-order valence-electron chi connectivity index (χ4n) is 1.73. The van der Waals surface area contributed by atoms with E-state index in [1.165, 1.54) is 0 Å². The van der Waals surface area contributed by atoms with Crippen LogP contribution in [0.5, 0.6) is 0 Å². The molecule has 0 saturated carbocycles. The monoisotopic (exact) mass is 230 g/mol. The average molecular weight is 230 g/mol. The summed E-state index contributed by atoms with van der Waals surface area (Å²) in [5, 5.41) is 27.0. The number of rotatable bonds is 3. The zero-order valence-corrected chi connectivity index (χ0v) is 8.91. The Bertz CT molecular complexity index is 629. The van der Waals surface area contributed by atoms with Crippen LogP contribution in [0.15, 0.2) is 24.4 Å². The van der Waals surface area contributed by atoms with E-state index in [0.29, 0.717) is 11.0 Å². The van der Waals surface area contributed by atoms with Gasteiger partial charge in [-0.1, -0.05) is 10.9 Å². The Hall–Kier alpha value is -2.44. The van der Waals surface area contributed by atoms with Crippen LogP contribution in [-0.4, -0.2) is 35.8 Å². The van der Waals surface area contributed by atoms with Crippen molar-refractivity contribution >= 4 is 11.0 Å². The lowest BCUT2D eigenvalue weighted by Gasteiger charge is -1.98. The molecular formula is C10H10N6O. The van der Waals surface area contributed by atoms with Crippen LogP contribution >= 0.6 is 0 Å². The maximum atomic E-state index is 9.30. The minimum Gasteiger partial charge on any atom is -0.410 e. The average Bonchev–Trinajstić information content (AvgIpc) is 2.97. The number of nitrogens with zero attached hydrogens (tertiary/aromatic N) is 5. The third-order valence-electron chi connectivity index (χ3n) is 2.63. The molecule has 0 aliphatic rings. The molecule has 0 radical (unpaired) electrons. The molecule has 0 amide bonds. The number of hydrogen-bond donors (Lipinski definition) is 2. The molecule has 7 nitrogen and oxygen atoms in total. The first-order valence-corrected chi connectivity index (χ1v) is 5.21. The van der Waals surface area contributed by atoms with Crippen molar-refractivity contribution in [1.82, 2.24) is 30.6 Å². The summed E-state index contributed by atoms with van der Waals surface area (Å²) in [7, 11) is 0. The van der Waals surface area contributed by atoms with Gasteiger partial charge < -0.3 is 5.21 Å². The van der Waals surface area contributed by atoms with E-state index in [1.54, 1.807) is 12.3 Å². The van der Waals surface area contributed by atoms with E-state index in [1.807, 2.05) is 12.1 Å². The maximum Gasteiger partial charge on any atom is 0.130 e. The summed E-state index contributed by atoms with van der Waals surface area (Å²) in [6, 6.07) is 5.65. The predicted octanol–water partition coefficient (Wildman–Crippen LogP) is 0.572. The third kappa shape index (κ3) is 1.82. The smallest absolute Gasteiger partial charge is 0.130 e. The molecule has 2 heterocycles. The lowest BCUT2D eigenvalue weighted by molar-refractivity contribution is 0.155. The van der Waals surface area contributed by atoms with Crippen LogP contribution in [0.25, 0.3) is 11.0 Å². The zero-order valence-electron chi connectivity index (χ0n) is 8.91. The molecule has 0 spiro atoms. The molecule has 0 bridgehead atoms. The summed E-state index contributed by atoms with van der Waals surface area (Å²) >= 11 is 0. The van der Waals surface area contributed by atoms with Gasteiger partial charge in [0.1, 0.15) is 11.0 Å². The molecule has 7 heteroatoms. The third-order valence-corrected chi connectivity index (χ3v) is 2.63. The molecule has 17 heavy (non-hydrogen) atoms. The van der Waals surface area contributed by atoms with Gasteiger partial charge in [0.2, 0.25) is 0 Å². The van der Waals surface area contributed by atoms with Crippen LogP contribution in [0, 0.1) is 0 Å². The standard InChI is InChI=1S/C10H10N6O/c17-16-10-4-2-7(5-9(10)13-15-16)1-3-8-6-11-14-12-8/h2,4-6,17H,1,3H2,(H,11,12,14). The van der Waals surface area contributed by atoms with Gasteiger partial charge in [-0.2, -0.15) is 15.4 Å². The van der Waals surface area contributed by atoms with Gasteiger partial charge in [-0.25, -0.2) is 0 Å². The molecule has 86 valence electrons. The lowest BCUT2D eigenvalue weighted by Crippen LogP contribution is -1.93. The van der Waals surface area contributed by atoms with Crippen LogP contribution in [-0.2, 0) is 12.8 Å². The van der Waals surface area contributed by atoms with Crippen LogP contribution < -0.4 is 0 Å². The van der Waals surface area contributed by atoms with Gasteiger partial charge in [-0.05, 0) is 35.8 Å². The van der Waals surface area contributed by atoms with Crippen LogP contribution in [0.2, 0.25) is 0 Å². The molecule has 2 aromatic heterocycles. The molecule has 0 aliphatic carbocycles. The van der Waals surface area contributed by atoms with E-state index < -0.39 is 0 Å². The largest absolute Gasteiger partial charge is 0.410 e. The topological polar surface area (TPSA) is 92.5 Å². The number of aryl methyl sites for hydroxylation is 2. The zero-order chi connectivity index (χ0) is 11.7. The molecule has 0 unspecified atom stereocenters. The number of H-pyrrole nitrogens is 1. The number of nitrogens with one attached hydrogen (secondary N) is 1. The fourth-order valence-corrected chi connectivity index (χ4v) is 1.73. The summed E-state index contributed by atoms with van der Waals surface area (Å²) < 4.78 is 0. The quantitative estimate of drug-likeness (QED) is 0.642. The Morgan fingerprint density at radius 2 is 2.24 bits per heavy atom. The van der Waals surface area contributed by atoms with Crippen molar-refractivity contribution in [2.75, 3.05) is 0 Å². The molecular weight excluding hydrogens is 220 g/mol. The van der Waals surface area contributed by atoms with Crippen LogP contribution in [0.4, 0.5) is 0 Å². The molecule has 0 atom stereocenters. The van der Waals surface area contributed by atoms with Crippen LogP contribution in [0.1, 0.15) is 11.3 Å². The van der Waals surface area contributed by atoms with Crippen molar-refractivity contribution in [3.8, 4) is 0 Å². The number of aromatic nitrogens is 6. The minimum absolute atomic E-state index is 0.607. The first-order chi connectivity index (χ1) is 8.33. The Balaban J connectivity index is 1.81. The summed E-state index contributed by atoms with van der Waals surface area (Å²) in [6.07, 6.45) is 3.37. The highest BCUT2D eigenvalue weighted by molar-refractivity contribution is 5.74. The number of hydrogen-bond acceptors (Lipinski definition) is 5. The SMILES string of the molecule is On1nnc2cc(CCc3cn[nH]n3)ccc21. The van der Waals surface area contributed by atoms with Gasteiger partial charge in [-0.3, -0.25) is 0 Å². The van der Waals surface area contributed by atoms with Crippen molar-refractivity contribution in [3.05, 3.63) is 35.7 Å².